The van der Waals surface area contributed by atoms with Crippen molar-refractivity contribution in [3.8, 4) is 0 Å². The molecule has 0 bridgehead atoms. The number of carbonyl (C=O) groups is 1. The summed E-state index contributed by atoms with van der Waals surface area (Å²) in [6.07, 6.45) is 1.47. The lowest BCUT2D eigenvalue weighted by molar-refractivity contribution is -0.385. The minimum Gasteiger partial charge on any atom is -0.478 e. The maximum Gasteiger partial charge on any atom is 0.337 e. The van der Waals surface area contributed by atoms with Crippen molar-refractivity contribution < 1.29 is 14.8 Å². The quantitative estimate of drug-likeness (QED) is 0.623. The molecule has 0 aliphatic heterocycles. The van der Waals surface area contributed by atoms with E-state index in [1.165, 1.54) is 18.3 Å². The predicted octanol–water partition coefficient (Wildman–Crippen LogP) is 3.67. The van der Waals surface area contributed by atoms with E-state index in [9.17, 15) is 14.9 Å². The van der Waals surface area contributed by atoms with Crippen LogP contribution < -0.4 is 0 Å². The van der Waals surface area contributed by atoms with Gasteiger partial charge in [0.25, 0.3) is 5.69 Å². The van der Waals surface area contributed by atoms with E-state index in [0.29, 0.717) is 21.2 Å². The number of aromatic carboxylic acids is 1. The zero-order valence-electron chi connectivity index (χ0n) is 9.92. The van der Waals surface area contributed by atoms with E-state index in [1.54, 1.807) is 16.7 Å². The molecule has 0 saturated carbocycles. The molecule has 0 unspecified atom stereocenters. The summed E-state index contributed by atoms with van der Waals surface area (Å²) >= 11 is 6.48. The standard InChI is InChI=1S/C12H8Br2N2O4/c13-10-4-8(12(17)18)6-15(10)5-7-2-1-3-9(11(7)14)16(19)20/h1-4,6H,5H2,(H,17,18). The van der Waals surface area contributed by atoms with Crippen LogP contribution in [0, 0.1) is 10.1 Å². The van der Waals surface area contributed by atoms with Crippen LogP contribution in [0.3, 0.4) is 0 Å². The molecular formula is C12H8Br2N2O4. The first-order chi connectivity index (χ1) is 9.40. The summed E-state index contributed by atoms with van der Waals surface area (Å²) in [5.41, 5.74) is 0.815. The van der Waals surface area contributed by atoms with Gasteiger partial charge in [-0.1, -0.05) is 12.1 Å². The van der Waals surface area contributed by atoms with Crippen LogP contribution in [-0.4, -0.2) is 20.6 Å². The molecule has 8 heteroatoms. The zero-order chi connectivity index (χ0) is 14.9. The van der Waals surface area contributed by atoms with Gasteiger partial charge >= 0.3 is 5.97 Å². The van der Waals surface area contributed by atoms with Crippen LogP contribution in [0.4, 0.5) is 5.69 Å². The first-order valence-electron chi connectivity index (χ1n) is 5.41. The number of benzene rings is 1. The fraction of sp³-hybridized carbons (Fsp3) is 0.0833. The van der Waals surface area contributed by atoms with E-state index in [-0.39, 0.29) is 11.3 Å². The molecule has 1 N–H and O–H groups in total. The lowest BCUT2D eigenvalue weighted by Gasteiger charge is -2.07. The van der Waals surface area contributed by atoms with Gasteiger partial charge in [0.15, 0.2) is 0 Å². The van der Waals surface area contributed by atoms with Crippen molar-refractivity contribution in [2.45, 2.75) is 6.54 Å². The smallest absolute Gasteiger partial charge is 0.337 e. The monoisotopic (exact) mass is 402 g/mol. The number of carboxylic acid groups (broad SMARTS) is 1. The Kier molecular flexibility index (Phi) is 4.24. The third kappa shape index (κ3) is 2.91. The number of hydrogen-bond donors (Lipinski definition) is 1. The van der Waals surface area contributed by atoms with Gasteiger partial charge in [-0.15, -0.1) is 0 Å². The minimum atomic E-state index is -1.03. The van der Waals surface area contributed by atoms with Gasteiger partial charge in [-0.3, -0.25) is 10.1 Å². The van der Waals surface area contributed by atoms with Crippen molar-refractivity contribution in [2.75, 3.05) is 0 Å². The molecule has 2 rings (SSSR count). The molecule has 104 valence electrons. The molecule has 2 aromatic rings. The number of aromatic nitrogens is 1. The molecule has 0 fully saturated rings. The average molecular weight is 404 g/mol. The highest BCUT2D eigenvalue weighted by Gasteiger charge is 2.16. The van der Waals surface area contributed by atoms with Crippen molar-refractivity contribution in [2.24, 2.45) is 0 Å². The number of halogens is 2. The molecule has 6 nitrogen and oxygen atoms in total. The molecule has 0 atom stereocenters. The molecule has 0 aliphatic carbocycles. The molecule has 0 radical (unpaired) electrons. The van der Waals surface area contributed by atoms with Gasteiger partial charge in [-0.25, -0.2) is 4.79 Å². The summed E-state index contributed by atoms with van der Waals surface area (Å²) in [6, 6.07) is 6.21. The topological polar surface area (TPSA) is 85.4 Å². The lowest BCUT2D eigenvalue weighted by Crippen LogP contribution is -2.01. The van der Waals surface area contributed by atoms with Gasteiger partial charge < -0.3 is 9.67 Å². The minimum absolute atomic E-state index is 0.0239. The van der Waals surface area contributed by atoms with Crippen molar-refractivity contribution in [3.05, 3.63) is 60.8 Å². The fourth-order valence-corrected chi connectivity index (χ4v) is 2.74. The number of nitro groups is 1. The van der Waals surface area contributed by atoms with Crippen LogP contribution in [0.15, 0.2) is 39.5 Å². The van der Waals surface area contributed by atoms with Crippen LogP contribution in [0.1, 0.15) is 15.9 Å². The Labute approximate surface area is 130 Å². The van der Waals surface area contributed by atoms with E-state index in [1.807, 2.05) is 0 Å². The maximum atomic E-state index is 10.9. The summed E-state index contributed by atoms with van der Waals surface area (Å²) in [5.74, 6) is -1.03. The predicted molar refractivity (Wildman–Crippen MR) is 79.0 cm³/mol. The highest BCUT2D eigenvalue weighted by Crippen LogP contribution is 2.29. The third-order valence-electron chi connectivity index (χ3n) is 2.69. The van der Waals surface area contributed by atoms with Crippen molar-refractivity contribution in [1.82, 2.24) is 4.57 Å². The van der Waals surface area contributed by atoms with Crippen LogP contribution in [0.5, 0.6) is 0 Å². The molecule has 20 heavy (non-hydrogen) atoms. The first-order valence-corrected chi connectivity index (χ1v) is 6.99. The third-order valence-corrected chi connectivity index (χ3v) is 4.29. The van der Waals surface area contributed by atoms with E-state index >= 15 is 0 Å². The lowest BCUT2D eigenvalue weighted by atomic mass is 10.2. The van der Waals surface area contributed by atoms with Gasteiger partial charge in [0.2, 0.25) is 0 Å². The van der Waals surface area contributed by atoms with Crippen LogP contribution in [0.25, 0.3) is 0 Å². The van der Waals surface area contributed by atoms with E-state index in [4.69, 9.17) is 5.11 Å². The van der Waals surface area contributed by atoms with Crippen LogP contribution in [-0.2, 0) is 6.54 Å². The Hall–Kier alpha value is -1.67. The Morgan fingerprint density at radius 2 is 2.10 bits per heavy atom. The summed E-state index contributed by atoms with van der Waals surface area (Å²) in [5, 5.41) is 19.8. The number of nitrogens with zero attached hydrogens (tertiary/aromatic N) is 2. The Morgan fingerprint density at radius 3 is 2.65 bits per heavy atom. The van der Waals surface area contributed by atoms with E-state index < -0.39 is 10.9 Å². The Bertz CT molecular complexity index is 697. The number of rotatable bonds is 4. The average Bonchev–Trinajstić information content (AvgIpc) is 2.73. The molecule has 1 aromatic heterocycles. The second kappa shape index (κ2) is 5.76. The van der Waals surface area contributed by atoms with Gasteiger partial charge in [-0.2, -0.15) is 0 Å². The number of hydrogen-bond acceptors (Lipinski definition) is 3. The molecular weight excluding hydrogens is 396 g/mol. The normalized spacial score (nSPS) is 10.5. The zero-order valence-corrected chi connectivity index (χ0v) is 13.1. The summed E-state index contributed by atoms with van der Waals surface area (Å²) in [7, 11) is 0. The molecule has 0 amide bonds. The summed E-state index contributed by atoms with van der Waals surface area (Å²) < 4.78 is 2.64. The van der Waals surface area contributed by atoms with E-state index in [2.05, 4.69) is 31.9 Å². The molecule has 1 aromatic carbocycles. The number of nitro benzene ring substituents is 1. The summed E-state index contributed by atoms with van der Waals surface area (Å²) in [4.78, 5) is 21.3. The highest BCUT2D eigenvalue weighted by molar-refractivity contribution is 9.10. The second-order valence-electron chi connectivity index (χ2n) is 3.99. The fourth-order valence-electron chi connectivity index (χ4n) is 1.73. The van der Waals surface area contributed by atoms with Gasteiger partial charge in [0, 0.05) is 18.8 Å². The van der Waals surface area contributed by atoms with Crippen LogP contribution >= 0.6 is 31.9 Å². The van der Waals surface area contributed by atoms with Crippen molar-refractivity contribution in [1.29, 1.82) is 0 Å². The molecule has 1 heterocycles. The number of carboxylic acids is 1. The van der Waals surface area contributed by atoms with Crippen molar-refractivity contribution in [3.63, 3.8) is 0 Å². The Balaban J connectivity index is 2.38. The largest absolute Gasteiger partial charge is 0.478 e. The first kappa shape index (κ1) is 14.7. The molecule has 0 spiro atoms. The highest BCUT2D eigenvalue weighted by atomic mass is 79.9. The molecule has 0 aliphatic rings. The van der Waals surface area contributed by atoms with Crippen molar-refractivity contribution >= 4 is 43.5 Å². The van der Waals surface area contributed by atoms with E-state index in [0.717, 1.165) is 0 Å². The molecule has 0 saturated heterocycles. The maximum absolute atomic E-state index is 10.9. The van der Waals surface area contributed by atoms with Crippen LogP contribution in [0.2, 0.25) is 0 Å². The second-order valence-corrected chi connectivity index (χ2v) is 5.60. The van der Waals surface area contributed by atoms with Gasteiger partial charge in [-0.05, 0) is 43.5 Å². The Morgan fingerprint density at radius 1 is 1.40 bits per heavy atom. The SMILES string of the molecule is O=C(O)c1cc(Br)n(Cc2cccc([N+](=O)[O-])c2Br)c1. The van der Waals surface area contributed by atoms with Gasteiger partial charge in [0.05, 0.1) is 15.1 Å². The van der Waals surface area contributed by atoms with Gasteiger partial charge in [0.1, 0.15) is 4.47 Å². The summed E-state index contributed by atoms with van der Waals surface area (Å²) in [6.45, 7) is 0.316.